The summed E-state index contributed by atoms with van der Waals surface area (Å²) in [5.74, 6) is 0.193. The van der Waals surface area contributed by atoms with Gasteiger partial charge in [-0.05, 0) is 18.4 Å². The summed E-state index contributed by atoms with van der Waals surface area (Å²) in [5.41, 5.74) is 1.02. The van der Waals surface area contributed by atoms with E-state index in [1.54, 1.807) is 0 Å². The van der Waals surface area contributed by atoms with Gasteiger partial charge in [0, 0.05) is 12.0 Å². The van der Waals surface area contributed by atoms with Crippen LogP contribution in [0.15, 0.2) is 30.3 Å². The molecule has 3 rings (SSSR count). The van der Waals surface area contributed by atoms with Crippen molar-refractivity contribution in [2.75, 3.05) is 19.8 Å². The number of rotatable bonds is 4. The first-order valence-electron chi connectivity index (χ1n) is 7.06. The molecule has 19 heavy (non-hydrogen) atoms. The van der Waals surface area contributed by atoms with E-state index in [2.05, 4.69) is 24.4 Å². The van der Waals surface area contributed by atoms with Crippen LogP contribution in [0.2, 0.25) is 0 Å². The van der Waals surface area contributed by atoms with Crippen LogP contribution in [-0.4, -0.2) is 25.7 Å². The Morgan fingerprint density at radius 1 is 1.26 bits per heavy atom. The van der Waals surface area contributed by atoms with Crippen LogP contribution in [0.25, 0.3) is 0 Å². The van der Waals surface area contributed by atoms with Crippen LogP contribution in [-0.2, 0) is 14.9 Å². The molecule has 102 valence electrons. The fourth-order valence-corrected chi connectivity index (χ4v) is 2.95. The van der Waals surface area contributed by atoms with E-state index in [-0.39, 0.29) is 16.7 Å². The van der Waals surface area contributed by atoms with E-state index in [0.29, 0.717) is 0 Å². The molecule has 3 heteroatoms. The second-order valence-electron chi connectivity index (χ2n) is 6.29. The highest BCUT2D eigenvalue weighted by Crippen LogP contribution is 2.44. The number of carbonyl (C=O) groups is 1. The summed E-state index contributed by atoms with van der Waals surface area (Å²) in [6.07, 6.45) is 3.08. The number of nitrogens with one attached hydrogen (secondary N) is 1. The van der Waals surface area contributed by atoms with Gasteiger partial charge in [0.15, 0.2) is 0 Å². The van der Waals surface area contributed by atoms with Crippen LogP contribution in [0.4, 0.5) is 0 Å². The molecular formula is C16H21NO2. The highest BCUT2D eigenvalue weighted by atomic mass is 16.5. The van der Waals surface area contributed by atoms with Crippen molar-refractivity contribution in [3.05, 3.63) is 35.9 Å². The number of carbonyl (C=O) groups excluding carboxylic acids is 1. The summed E-state index contributed by atoms with van der Waals surface area (Å²) < 4.78 is 5.23. The van der Waals surface area contributed by atoms with E-state index in [0.717, 1.165) is 44.6 Å². The van der Waals surface area contributed by atoms with E-state index in [1.807, 2.05) is 18.2 Å². The minimum Gasteiger partial charge on any atom is -0.380 e. The Kier molecular flexibility index (Phi) is 3.09. The molecule has 1 heterocycles. The molecule has 2 aliphatic rings. The van der Waals surface area contributed by atoms with Crippen LogP contribution < -0.4 is 5.32 Å². The zero-order chi connectivity index (χ0) is 13.3. The van der Waals surface area contributed by atoms with Gasteiger partial charge in [-0.1, -0.05) is 43.7 Å². The van der Waals surface area contributed by atoms with Gasteiger partial charge in [0.1, 0.15) is 0 Å². The third-order valence-corrected chi connectivity index (χ3v) is 4.54. The highest BCUT2D eigenvalue weighted by Gasteiger charge is 2.46. The molecule has 1 aliphatic heterocycles. The quantitative estimate of drug-likeness (QED) is 0.900. The Hall–Kier alpha value is -1.35. The second-order valence-corrected chi connectivity index (χ2v) is 6.29. The molecule has 0 bridgehead atoms. The first-order valence-corrected chi connectivity index (χ1v) is 7.06. The second kappa shape index (κ2) is 4.64. The van der Waals surface area contributed by atoms with Gasteiger partial charge in [-0.3, -0.25) is 4.79 Å². The van der Waals surface area contributed by atoms with Crippen LogP contribution in [0, 0.1) is 5.41 Å². The molecule has 0 atom stereocenters. The molecule has 1 saturated carbocycles. The minimum absolute atomic E-state index is 0.136. The van der Waals surface area contributed by atoms with Gasteiger partial charge in [-0.25, -0.2) is 0 Å². The Balaban J connectivity index is 1.70. The van der Waals surface area contributed by atoms with Crippen molar-refractivity contribution in [2.45, 2.75) is 31.6 Å². The molecule has 0 unspecified atom stereocenters. The van der Waals surface area contributed by atoms with Crippen molar-refractivity contribution in [2.24, 2.45) is 5.41 Å². The largest absolute Gasteiger partial charge is 0.380 e. The molecule has 3 nitrogen and oxygen atoms in total. The van der Waals surface area contributed by atoms with Gasteiger partial charge in [0.25, 0.3) is 0 Å². The number of hydrogen-bond donors (Lipinski definition) is 1. The van der Waals surface area contributed by atoms with Crippen molar-refractivity contribution in [1.82, 2.24) is 5.32 Å². The molecule has 1 aromatic rings. The summed E-state index contributed by atoms with van der Waals surface area (Å²) in [7, 11) is 0. The lowest BCUT2D eigenvalue weighted by Crippen LogP contribution is -2.54. The standard InChI is InChI=1S/C16H21NO2/c1-15(11-19-12-15)10-17-14(18)16(8-5-9-16)13-6-3-2-4-7-13/h2-4,6-7H,5,8-12H2,1H3,(H,17,18). The van der Waals surface area contributed by atoms with E-state index in [4.69, 9.17) is 4.74 Å². The lowest BCUT2D eigenvalue weighted by atomic mass is 9.63. The van der Waals surface area contributed by atoms with Gasteiger partial charge in [-0.2, -0.15) is 0 Å². The van der Waals surface area contributed by atoms with Crippen LogP contribution in [0.3, 0.4) is 0 Å². The SMILES string of the molecule is CC1(CNC(=O)C2(c3ccccc3)CCC2)COC1. The topological polar surface area (TPSA) is 38.3 Å². The van der Waals surface area contributed by atoms with Crippen molar-refractivity contribution in [3.8, 4) is 0 Å². The summed E-state index contributed by atoms with van der Waals surface area (Å²) in [6.45, 7) is 4.39. The third kappa shape index (κ3) is 2.16. The predicted molar refractivity (Wildman–Crippen MR) is 73.9 cm³/mol. The van der Waals surface area contributed by atoms with E-state index >= 15 is 0 Å². The molecule has 0 aromatic heterocycles. The molecular weight excluding hydrogens is 238 g/mol. The maximum atomic E-state index is 12.6. The van der Waals surface area contributed by atoms with Gasteiger partial charge < -0.3 is 10.1 Å². The maximum absolute atomic E-state index is 12.6. The Morgan fingerprint density at radius 3 is 2.42 bits per heavy atom. The van der Waals surface area contributed by atoms with Crippen LogP contribution >= 0.6 is 0 Å². The average molecular weight is 259 g/mol. The van der Waals surface area contributed by atoms with Crippen molar-refractivity contribution < 1.29 is 9.53 Å². The zero-order valence-corrected chi connectivity index (χ0v) is 11.4. The Labute approximate surface area is 114 Å². The third-order valence-electron chi connectivity index (χ3n) is 4.54. The van der Waals surface area contributed by atoms with Gasteiger partial charge in [0.2, 0.25) is 5.91 Å². The lowest BCUT2D eigenvalue weighted by Gasteiger charge is -2.43. The number of hydrogen-bond acceptors (Lipinski definition) is 2. The molecule has 1 amide bonds. The minimum atomic E-state index is -0.276. The fraction of sp³-hybridized carbons (Fsp3) is 0.562. The van der Waals surface area contributed by atoms with Gasteiger partial charge in [-0.15, -0.1) is 0 Å². The summed E-state index contributed by atoms with van der Waals surface area (Å²) in [6, 6.07) is 10.2. The van der Waals surface area contributed by atoms with E-state index < -0.39 is 0 Å². The van der Waals surface area contributed by atoms with Crippen molar-refractivity contribution in [3.63, 3.8) is 0 Å². The number of amides is 1. The summed E-state index contributed by atoms with van der Waals surface area (Å²) >= 11 is 0. The maximum Gasteiger partial charge on any atom is 0.230 e. The average Bonchev–Trinajstić information content (AvgIpc) is 2.34. The van der Waals surface area contributed by atoms with Crippen molar-refractivity contribution >= 4 is 5.91 Å². The number of ether oxygens (including phenoxy) is 1. The molecule has 0 spiro atoms. The molecule has 0 radical (unpaired) electrons. The molecule has 1 aliphatic carbocycles. The summed E-state index contributed by atoms with van der Waals surface area (Å²) in [5, 5.41) is 3.15. The zero-order valence-electron chi connectivity index (χ0n) is 11.4. The molecule has 2 fully saturated rings. The van der Waals surface area contributed by atoms with Crippen LogP contribution in [0.1, 0.15) is 31.7 Å². The molecule has 1 N–H and O–H groups in total. The monoisotopic (exact) mass is 259 g/mol. The Morgan fingerprint density at radius 2 is 1.95 bits per heavy atom. The Bertz CT molecular complexity index is 461. The van der Waals surface area contributed by atoms with Crippen LogP contribution in [0.5, 0.6) is 0 Å². The highest BCUT2D eigenvalue weighted by molar-refractivity contribution is 5.89. The molecule has 1 saturated heterocycles. The van der Waals surface area contributed by atoms with E-state index in [9.17, 15) is 4.79 Å². The summed E-state index contributed by atoms with van der Waals surface area (Å²) in [4.78, 5) is 12.6. The first-order chi connectivity index (χ1) is 9.15. The van der Waals surface area contributed by atoms with E-state index in [1.165, 1.54) is 0 Å². The lowest BCUT2D eigenvalue weighted by molar-refractivity contribution is -0.134. The number of benzene rings is 1. The fourth-order valence-electron chi connectivity index (χ4n) is 2.95. The van der Waals surface area contributed by atoms with Gasteiger partial charge >= 0.3 is 0 Å². The molecule has 1 aromatic carbocycles. The first kappa shape index (κ1) is 12.7. The normalized spacial score (nSPS) is 23.0. The predicted octanol–water partition coefficient (Wildman–Crippen LogP) is 2.26. The van der Waals surface area contributed by atoms with Gasteiger partial charge in [0.05, 0.1) is 18.6 Å². The smallest absolute Gasteiger partial charge is 0.230 e. The van der Waals surface area contributed by atoms with Crippen molar-refractivity contribution in [1.29, 1.82) is 0 Å².